The monoisotopic (exact) mass is 301 g/mol. The molecule has 0 aliphatic rings. The van der Waals surface area contributed by atoms with Gasteiger partial charge in [-0.05, 0) is 44.0 Å². The number of aromatic nitrogens is 1. The smallest absolute Gasteiger partial charge is 0.181 e. The van der Waals surface area contributed by atoms with Crippen molar-refractivity contribution in [3.8, 4) is 11.3 Å². The lowest BCUT2D eigenvalue weighted by molar-refractivity contribution is 0.571. The largest absolute Gasteiger partial charge is 0.443 e. The minimum absolute atomic E-state index is 0.749. The van der Waals surface area contributed by atoms with Gasteiger partial charge in [0.1, 0.15) is 0 Å². The van der Waals surface area contributed by atoms with Gasteiger partial charge in [-0.2, -0.15) is 0 Å². The van der Waals surface area contributed by atoms with E-state index in [0.717, 1.165) is 20.3 Å². The minimum atomic E-state index is 0.749. The summed E-state index contributed by atoms with van der Waals surface area (Å²) in [6.45, 7) is 0. The predicted octanol–water partition coefficient (Wildman–Crippen LogP) is 3.87. The zero-order valence-corrected chi connectivity index (χ0v) is 9.67. The summed E-state index contributed by atoms with van der Waals surface area (Å²) in [5, 5.41) is 0. The molecule has 1 aromatic heterocycles. The first-order chi connectivity index (χ1) is 6.29. The standard InChI is InChI=1S/C9H5Br2NO/c10-6-2-1-3-7(11)9(6)8-4-12-5-13-8/h1-5H. The fourth-order valence-electron chi connectivity index (χ4n) is 1.07. The van der Waals surface area contributed by atoms with Gasteiger partial charge in [0, 0.05) is 14.5 Å². The lowest BCUT2D eigenvalue weighted by Gasteiger charge is -2.02. The molecule has 2 nitrogen and oxygen atoms in total. The van der Waals surface area contributed by atoms with Crippen molar-refractivity contribution in [3.63, 3.8) is 0 Å². The van der Waals surface area contributed by atoms with Gasteiger partial charge < -0.3 is 4.42 Å². The van der Waals surface area contributed by atoms with E-state index in [1.54, 1.807) is 6.20 Å². The van der Waals surface area contributed by atoms with Gasteiger partial charge in [-0.25, -0.2) is 4.98 Å². The van der Waals surface area contributed by atoms with Crippen LogP contribution in [0.1, 0.15) is 0 Å². The van der Waals surface area contributed by atoms with E-state index in [2.05, 4.69) is 36.8 Å². The molecule has 0 atom stereocenters. The van der Waals surface area contributed by atoms with E-state index < -0.39 is 0 Å². The number of nitrogens with zero attached hydrogens (tertiary/aromatic N) is 1. The van der Waals surface area contributed by atoms with E-state index >= 15 is 0 Å². The third-order valence-corrected chi connectivity index (χ3v) is 2.96. The maximum Gasteiger partial charge on any atom is 0.181 e. The highest BCUT2D eigenvalue weighted by Gasteiger charge is 2.09. The molecule has 2 rings (SSSR count). The number of rotatable bonds is 1. The van der Waals surface area contributed by atoms with Crippen LogP contribution < -0.4 is 0 Å². The third-order valence-electron chi connectivity index (χ3n) is 1.64. The Balaban J connectivity index is 2.64. The second-order valence-electron chi connectivity index (χ2n) is 2.46. The van der Waals surface area contributed by atoms with E-state index in [0.29, 0.717) is 0 Å². The summed E-state index contributed by atoms with van der Waals surface area (Å²) in [5.74, 6) is 0.749. The molecule has 0 bridgehead atoms. The topological polar surface area (TPSA) is 26.0 Å². The second-order valence-corrected chi connectivity index (χ2v) is 4.17. The van der Waals surface area contributed by atoms with E-state index in [1.165, 1.54) is 6.39 Å². The molecule has 0 amide bonds. The van der Waals surface area contributed by atoms with Crippen LogP contribution in [-0.4, -0.2) is 4.98 Å². The molecule has 0 fully saturated rings. The average Bonchev–Trinajstić information content (AvgIpc) is 2.57. The molecule has 0 N–H and O–H groups in total. The van der Waals surface area contributed by atoms with Crippen LogP contribution in [0.4, 0.5) is 0 Å². The summed E-state index contributed by atoms with van der Waals surface area (Å²) in [7, 11) is 0. The van der Waals surface area contributed by atoms with Crippen molar-refractivity contribution in [2.75, 3.05) is 0 Å². The van der Waals surface area contributed by atoms with Crippen molar-refractivity contribution < 1.29 is 4.42 Å². The van der Waals surface area contributed by atoms with E-state index in [4.69, 9.17) is 4.42 Å². The maximum absolute atomic E-state index is 5.21. The van der Waals surface area contributed by atoms with Gasteiger partial charge in [-0.1, -0.05) is 6.07 Å². The summed E-state index contributed by atoms with van der Waals surface area (Å²) in [6, 6.07) is 5.87. The van der Waals surface area contributed by atoms with Crippen LogP contribution >= 0.6 is 31.9 Å². The van der Waals surface area contributed by atoms with Crippen molar-refractivity contribution in [2.24, 2.45) is 0 Å². The van der Waals surface area contributed by atoms with Gasteiger partial charge in [0.15, 0.2) is 12.2 Å². The van der Waals surface area contributed by atoms with Crippen molar-refractivity contribution >= 4 is 31.9 Å². The lowest BCUT2D eigenvalue weighted by Crippen LogP contribution is -1.78. The highest BCUT2D eigenvalue weighted by Crippen LogP contribution is 2.34. The van der Waals surface area contributed by atoms with Crippen molar-refractivity contribution in [1.82, 2.24) is 4.98 Å². The Kier molecular flexibility index (Phi) is 2.51. The molecule has 0 unspecified atom stereocenters. The average molecular weight is 303 g/mol. The van der Waals surface area contributed by atoms with E-state index in [-0.39, 0.29) is 0 Å². The molecule has 13 heavy (non-hydrogen) atoms. The molecule has 66 valence electrons. The Morgan fingerprint density at radius 2 is 1.85 bits per heavy atom. The molecular weight excluding hydrogens is 298 g/mol. The van der Waals surface area contributed by atoms with E-state index in [9.17, 15) is 0 Å². The number of hydrogen-bond acceptors (Lipinski definition) is 2. The van der Waals surface area contributed by atoms with Crippen LogP contribution in [0.5, 0.6) is 0 Å². The first-order valence-electron chi connectivity index (χ1n) is 3.62. The zero-order valence-electron chi connectivity index (χ0n) is 6.50. The van der Waals surface area contributed by atoms with Gasteiger partial charge in [0.25, 0.3) is 0 Å². The van der Waals surface area contributed by atoms with Gasteiger partial charge in [-0.3, -0.25) is 0 Å². The van der Waals surface area contributed by atoms with Crippen LogP contribution in [0.3, 0.4) is 0 Å². The first-order valence-corrected chi connectivity index (χ1v) is 5.20. The van der Waals surface area contributed by atoms with Gasteiger partial charge in [0.2, 0.25) is 0 Å². The fraction of sp³-hybridized carbons (Fsp3) is 0. The summed E-state index contributed by atoms with van der Waals surface area (Å²) >= 11 is 6.90. The quantitative estimate of drug-likeness (QED) is 0.799. The van der Waals surface area contributed by atoms with Gasteiger partial charge >= 0.3 is 0 Å². The molecule has 0 radical (unpaired) electrons. The summed E-state index contributed by atoms with van der Waals surface area (Å²) in [6.07, 6.45) is 3.10. The number of halogens is 2. The van der Waals surface area contributed by atoms with Gasteiger partial charge in [-0.15, -0.1) is 0 Å². The fourth-order valence-corrected chi connectivity index (χ4v) is 2.46. The number of hydrogen-bond donors (Lipinski definition) is 0. The van der Waals surface area contributed by atoms with Gasteiger partial charge in [0.05, 0.1) is 6.20 Å². The molecule has 0 saturated carbocycles. The summed E-state index contributed by atoms with van der Waals surface area (Å²) in [4.78, 5) is 3.87. The Morgan fingerprint density at radius 1 is 1.15 bits per heavy atom. The molecule has 0 saturated heterocycles. The Morgan fingerprint density at radius 3 is 2.38 bits per heavy atom. The summed E-state index contributed by atoms with van der Waals surface area (Å²) in [5.41, 5.74) is 0.986. The Hall–Kier alpha value is -0.610. The second kappa shape index (κ2) is 3.64. The summed E-state index contributed by atoms with van der Waals surface area (Å²) < 4.78 is 7.18. The molecule has 0 aliphatic heterocycles. The minimum Gasteiger partial charge on any atom is -0.443 e. The molecule has 0 aliphatic carbocycles. The van der Waals surface area contributed by atoms with Crippen LogP contribution in [0.15, 0.2) is 44.2 Å². The van der Waals surface area contributed by atoms with Crippen molar-refractivity contribution in [2.45, 2.75) is 0 Å². The SMILES string of the molecule is Brc1cccc(Br)c1-c1cnco1. The predicted molar refractivity (Wildman–Crippen MR) is 57.3 cm³/mol. The van der Waals surface area contributed by atoms with Crippen LogP contribution in [-0.2, 0) is 0 Å². The van der Waals surface area contributed by atoms with Crippen molar-refractivity contribution in [3.05, 3.63) is 39.7 Å². The molecule has 2 aromatic rings. The zero-order chi connectivity index (χ0) is 9.26. The third kappa shape index (κ3) is 1.69. The van der Waals surface area contributed by atoms with Crippen LogP contribution in [0.2, 0.25) is 0 Å². The maximum atomic E-state index is 5.21. The molecule has 4 heteroatoms. The molecule has 1 heterocycles. The van der Waals surface area contributed by atoms with Crippen LogP contribution in [0.25, 0.3) is 11.3 Å². The first kappa shape index (κ1) is 8.97. The molecular formula is C9H5Br2NO. The van der Waals surface area contributed by atoms with E-state index in [1.807, 2.05) is 18.2 Å². The Bertz CT molecular complexity index is 391. The lowest BCUT2D eigenvalue weighted by atomic mass is 10.2. The van der Waals surface area contributed by atoms with Crippen LogP contribution in [0, 0.1) is 0 Å². The normalized spacial score (nSPS) is 10.3. The highest BCUT2D eigenvalue weighted by atomic mass is 79.9. The number of oxazole rings is 1. The Labute approximate surface area is 92.2 Å². The highest BCUT2D eigenvalue weighted by molar-refractivity contribution is 9.11. The van der Waals surface area contributed by atoms with Crippen molar-refractivity contribution in [1.29, 1.82) is 0 Å². The number of benzene rings is 1. The molecule has 0 spiro atoms. The molecule has 1 aromatic carbocycles.